The van der Waals surface area contributed by atoms with Gasteiger partial charge in [-0.15, -0.1) is 0 Å². The Morgan fingerprint density at radius 1 is 1.57 bits per heavy atom. The van der Waals surface area contributed by atoms with Gasteiger partial charge in [0.25, 0.3) is 0 Å². The van der Waals surface area contributed by atoms with Crippen molar-refractivity contribution in [2.24, 2.45) is 11.7 Å². The monoisotopic (exact) mass is 196 g/mol. The molecule has 1 aliphatic heterocycles. The van der Waals surface area contributed by atoms with Crippen molar-refractivity contribution in [1.29, 1.82) is 0 Å². The Labute approximate surface area is 85.6 Å². The Morgan fingerprint density at radius 3 is 2.86 bits per heavy atom. The number of likely N-dealkylation sites (tertiary alicyclic amines) is 1. The van der Waals surface area contributed by atoms with Gasteiger partial charge in [0.2, 0.25) is 5.91 Å². The summed E-state index contributed by atoms with van der Waals surface area (Å²) in [4.78, 5) is 14.0. The number of carbonyl (C=O) groups is 1. The number of carbonyl (C=O) groups excluding carboxylic acids is 1. The first-order chi connectivity index (χ1) is 6.65. The molecule has 2 fully saturated rings. The van der Waals surface area contributed by atoms with E-state index in [0.717, 1.165) is 25.8 Å². The van der Waals surface area contributed by atoms with Gasteiger partial charge in [0.15, 0.2) is 0 Å². The predicted octanol–water partition coefficient (Wildman–Crippen LogP) is 1.13. The first-order valence-corrected chi connectivity index (χ1v) is 5.66. The summed E-state index contributed by atoms with van der Waals surface area (Å²) in [6.45, 7) is 3.63. The van der Waals surface area contributed by atoms with Gasteiger partial charge in [-0.2, -0.15) is 0 Å². The van der Waals surface area contributed by atoms with E-state index in [-0.39, 0.29) is 5.54 Å². The highest BCUT2D eigenvalue weighted by Gasteiger charge is 2.39. The van der Waals surface area contributed by atoms with Gasteiger partial charge in [-0.05, 0) is 38.5 Å². The van der Waals surface area contributed by atoms with Crippen molar-refractivity contribution >= 4 is 5.91 Å². The van der Waals surface area contributed by atoms with Crippen LogP contribution in [0.2, 0.25) is 0 Å². The zero-order valence-electron chi connectivity index (χ0n) is 8.96. The molecule has 0 aromatic rings. The van der Waals surface area contributed by atoms with E-state index >= 15 is 0 Å². The Morgan fingerprint density at radius 2 is 2.29 bits per heavy atom. The van der Waals surface area contributed by atoms with E-state index in [2.05, 4.69) is 6.92 Å². The van der Waals surface area contributed by atoms with E-state index in [1.54, 1.807) is 0 Å². The molecule has 1 saturated carbocycles. The van der Waals surface area contributed by atoms with Gasteiger partial charge in [-0.25, -0.2) is 0 Å². The molecule has 0 radical (unpaired) electrons. The molecule has 80 valence electrons. The molecular weight excluding hydrogens is 176 g/mol. The molecule has 0 aromatic carbocycles. The van der Waals surface area contributed by atoms with E-state index < -0.39 is 0 Å². The number of hydrogen-bond acceptors (Lipinski definition) is 2. The van der Waals surface area contributed by atoms with Gasteiger partial charge in [-0.1, -0.05) is 0 Å². The summed E-state index contributed by atoms with van der Waals surface area (Å²) in [5.41, 5.74) is 5.70. The van der Waals surface area contributed by atoms with Crippen LogP contribution < -0.4 is 5.73 Å². The molecule has 2 rings (SSSR count). The summed E-state index contributed by atoms with van der Waals surface area (Å²) in [5.74, 6) is 1.02. The molecule has 3 nitrogen and oxygen atoms in total. The summed E-state index contributed by atoms with van der Waals surface area (Å²) in [5, 5.41) is 0. The largest absolute Gasteiger partial charge is 0.336 e. The van der Waals surface area contributed by atoms with Crippen LogP contribution in [0.25, 0.3) is 0 Å². The van der Waals surface area contributed by atoms with Crippen LogP contribution in [0.1, 0.15) is 39.0 Å². The minimum atomic E-state index is -0.0496. The third-order valence-electron chi connectivity index (χ3n) is 3.65. The van der Waals surface area contributed by atoms with Gasteiger partial charge in [0.05, 0.1) is 5.54 Å². The molecule has 1 aliphatic carbocycles. The maximum absolute atomic E-state index is 11.9. The van der Waals surface area contributed by atoms with Crippen LogP contribution in [0.15, 0.2) is 0 Å². The number of rotatable bonds is 3. The molecule has 2 aliphatic rings. The fourth-order valence-corrected chi connectivity index (χ4v) is 2.34. The lowest BCUT2D eigenvalue weighted by Gasteiger charge is -2.34. The highest BCUT2D eigenvalue weighted by molar-refractivity contribution is 5.78. The van der Waals surface area contributed by atoms with Crippen LogP contribution in [0.3, 0.4) is 0 Å². The highest BCUT2D eigenvalue weighted by atomic mass is 16.2. The lowest BCUT2D eigenvalue weighted by molar-refractivity contribution is -0.134. The second kappa shape index (κ2) is 3.54. The molecule has 0 bridgehead atoms. The molecule has 1 unspecified atom stereocenters. The van der Waals surface area contributed by atoms with Crippen LogP contribution in [-0.4, -0.2) is 29.4 Å². The van der Waals surface area contributed by atoms with Crippen LogP contribution in [0.5, 0.6) is 0 Å². The van der Waals surface area contributed by atoms with E-state index in [9.17, 15) is 4.79 Å². The standard InChI is InChI=1S/C11H20N2O/c1-11(8-12)5-2-6-13(11)10(14)7-9-3-4-9/h9H,2-8,12H2,1H3. The van der Waals surface area contributed by atoms with Gasteiger partial charge in [-0.3, -0.25) is 4.79 Å². The van der Waals surface area contributed by atoms with E-state index in [1.165, 1.54) is 12.8 Å². The summed E-state index contributed by atoms with van der Waals surface area (Å²) in [6.07, 6.45) is 5.44. The second-order valence-corrected chi connectivity index (χ2v) is 5.00. The van der Waals surface area contributed by atoms with Crippen molar-refractivity contribution in [2.45, 2.75) is 44.6 Å². The van der Waals surface area contributed by atoms with Crippen LogP contribution in [0.4, 0.5) is 0 Å². The maximum Gasteiger partial charge on any atom is 0.223 e. The molecular formula is C11H20N2O. The Hall–Kier alpha value is -0.570. The lowest BCUT2D eigenvalue weighted by atomic mass is 9.99. The highest BCUT2D eigenvalue weighted by Crippen LogP contribution is 2.35. The zero-order chi connectivity index (χ0) is 10.2. The molecule has 0 spiro atoms. The minimum Gasteiger partial charge on any atom is -0.336 e. The van der Waals surface area contributed by atoms with Crippen molar-refractivity contribution in [3.05, 3.63) is 0 Å². The Balaban J connectivity index is 1.97. The summed E-state index contributed by atoms with van der Waals surface area (Å²) < 4.78 is 0. The van der Waals surface area contributed by atoms with Crippen LogP contribution in [-0.2, 0) is 4.79 Å². The summed E-state index contributed by atoms with van der Waals surface area (Å²) in [6, 6.07) is 0. The van der Waals surface area contributed by atoms with Crippen molar-refractivity contribution in [1.82, 2.24) is 4.90 Å². The van der Waals surface area contributed by atoms with Crippen molar-refractivity contribution in [3.63, 3.8) is 0 Å². The van der Waals surface area contributed by atoms with Gasteiger partial charge < -0.3 is 10.6 Å². The first-order valence-electron chi connectivity index (χ1n) is 5.66. The Kier molecular flexibility index (Phi) is 2.52. The summed E-state index contributed by atoms with van der Waals surface area (Å²) in [7, 11) is 0. The fraction of sp³-hybridized carbons (Fsp3) is 0.909. The predicted molar refractivity (Wildman–Crippen MR) is 55.7 cm³/mol. The molecule has 14 heavy (non-hydrogen) atoms. The van der Waals surface area contributed by atoms with Crippen molar-refractivity contribution in [2.75, 3.05) is 13.1 Å². The third kappa shape index (κ3) is 1.78. The average Bonchev–Trinajstić information content (AvgIpc) is 2.88. The SMILES string of the molecule is CC1(CN)CCCN1C(=O)CC1CC1. The third-order valence-corrected chi connectivity index (χ3v) is 3.65. The molecule has 2 N–H and O–H groups in total. The zero-order valence-corrected chi connectivity index (χ0v) is 8.96. The van der Waals surface area contributed by atoms with Crippen molar-refractivity contribution in [3.8, 4) is 0 Å². The van der Waals surface area contributed by atoms with Gasteiger partial charge in [0, 0.05) is 19.5 Å². The van der Waals surface area contributed by atoms with Crippen LogP contribution in [0, 0.1) is 5.92 Å². The molecule has 1 amide bonds. The number of amides is 1. The molecule has 0 aromatic heterocycles. The number of nitrogens with zero attached hydrogens (tertiary/aromatic N) is 1. The fourth-order valence-electron chi connectivity index (χ4n) is 2.34. The molecule has 3 heteroatoms. The first kappa shape index (κ1) is 9.97. The van der Waals surface area contributed by atoms with E-state index in [1.807, 2.05) is 4.90 Å². The van der Waals surface area contributed by atoms with Crippen molar-refractivity contribution < 1.29 is 4.79 Å². The Bertz CT molecular complexity index is 237. The molecule has 1 saturated heterocycles. The number of hydrogen-bond donors (Lipinski definition) is 1. The summed E-state index contributed by atoms with van der Waals surface area (Å²) >= 11 is 0. The maximum atomic E-state index is 11.9. The minimum absolute atomic E-state index is 0.0496. The lowest BCUT2D eigenvalue weighted by Crippen LogP contribution is -2.50. The van der Waals surface area contributed by atoms with Crippen LogP contribution >= 0.6 is 0 Å². The van der Waals surface area contributed by atoms with E-state index in [4.69, 9.17) is 5.73 Å². The second-order valence-electron chi connectivity index (χ2n) is 5.00. The quantitative estimate of drug-likeness (QED) is 0.735. The van der Waals surface area contributed by atoms with Gasteiger partial charge in [0.1, 0.15) is 0 Å². The van der Waals surface area contributed by atoms with Gasteiger partial charge >= 0.3 is 0 Å². The molecule has 1 heterocycles. The normalized spacial score (nSPS) is 32.3. The number of nitrogens with two attached hydrogens (primary N) is 1. The molecule has 1 atom stereocenters. The average molecular weight is 196 g/mol. The smallest absolute Gasteiger partial charge is 0.223 e. The topological polar surface area (TPSA) is 46.3 Å². The van der Waals surface area contributed by atoms with E-state index in [0.29, 0.717) is 18.4 Å².